The van der Waals surface area contributed by atoms with Crippen LogP contribution in [0.5, 0.6) is 34.5 Å². The SMILES string of the molecule is CCCCCCCCCCCCOc1cc(C(=O)NCCSc2ccc(C#N)cc2SCCNC(=O)c2cc(OCCCCCCCCCCCC)c(OCCCCCCCCCCCC)c(OCCCCCCCCCCCC)c2)cc(OCCCCCCCCCCCC)c1OCCCCCCCCCCCC. The van der Waals surface area contributed by atoms with E-state index >= 15 is 0 Å². The highest BCUT2D eigenvalue weighted by molar-refractivity contribution is 8.02. The van der Waals surface area contributed by atoms with Gasteiger partial charge < -0.3 is 39.1 Å². The molecule has 0 aromatic heterocycles. The van der Waals surface area contributed by atoms with Gasteiger partial charge in [0.25, 0.3) is 11.8 Å². The fourth-order valence-electron chi connectivity index (χ4n) is 14.4. The zero-order chi connectivity index (χ0) is 78.7. The Morgan fingerprint density at radius 1 is 0.282 bits per heavy atom. The van der Waals surface area contributed by atoms with Gasteiger partial charge in [0.15, 0.2) is 23.0 Å². The van der Waals surface area contributed by atoms with Crippen molar-refractivity contribution in [2.75, 3.05) is 64.2 Å². The van der Waals surface area contributed by atoms with Crippen LogP contribution in [0.4, 0.5) is 0 Å². The van der Waals surface area contributed by atoms with Gasteiger partial charge in [0.2, 0.25) is 11.5 Å². The predicted molar refractivity (Wildman–Crippen MR) is 474 cm³/mol. The van der Waals surface area contributed by atoms with Crippen LogP contribution in [0.15, 0.2) is 52.3 Å². The second-order valence-corrected chi connectivity index (χ2v) is 34.0. The summed E-state index contributed by atoms with van der Waals surface area (Å²) in [7, 11) is 0. The largest absolute Gasteiger partial charge is 0.490 e. The third-order valence-electron chi connectivity index (χ3n) is 21.4. The van der Waals surface area contributed by atoms with Gasteiger partial charge >= 0.3 is 0 Å². The van der Waals surface area contributed by atoms with Crippen molar-refractivity contribution in [2.24, 2.45) is 0 Å². The van der Waals surface area contributed by atoms with Crippen molar-refractivity contribution in [1.29, 1.82) is 5.26 Å². The van der Waals surface area contributed by atoms with E-state index in [1.807, 2.05) is 42.5 Å². The van der Waals surface area contributed by atoms with Crippen LogP contribution in [0.3, 0.4) is 0 Å². The number of carbonyl (C=O) groups excluding carboxylic acids is 2. The molecule has 3 rings (SSSR count). The quantitative estimate of drug-likeness (QED) is 0.0413. The van der Waals surface area contributed by atoms with Crippen molar-refractivity contribution in [1.82, 2.24) is 10.6 Å². The van der Waals surface area contributed by atoms with Gasteiger partial charge in [0, 0.05) is 45.5 Å². The van der Waals surface area contributed by atoms with E-state index in [2.05, 4.69) is 58.2 Å². The molecule has 0 spiro atoms. The molecule has 0 unspecified atom stereocenters. The molecule has 3 aromatic rings. The van der Waals surface area contributed by atoms with E-state index in [1.165, 1.54) is 308 Å². The number of nitriles is 1. The number of benzene rings is 3. The molecule has 0 saturated carbocycles. The van der Waals surface area contributed by atoms with Gasteiger partial charge in [-0.25, -0.2) is 0 Å². The Morgan fingerprint density at radius 2 is 0.491 bits per heavy atom. The van der Waals surface area contributed by atoms with Gasteiger partial charge in [0.1, 0.15) is 0 Å². The van der Waals surface area contributed by atoms with Crippen LogP contribution in [-0.4, -0.2) is 76.1 Å². The summed E-state index contributed by atoms with van der Waals surface area (Å²) in [5.74, 6) is 4.39. The first kappa shape index (κ1) is 99.8. The lowest BCUT2D eigenvalue weighted by molar-refractivity contribution is 0.0947. The summed E-state index contributed by atoms with van der Waals surface area (Å²) >= 11 is 3.27. The molecule has 0 aliphatic rings. The van der Waals surface area contributed by atoms with Crippen molar-refractivity contribution in [2.45, 2.75) is 437 Å². The molecular weight excluding hydrogens is 1400 g/mol. The maximum atomic E-state index is 14.4. The van der Waals surface area contributed by atoms with E-state index < -0.39 is 0 Å². The minimum absolute atomic E-state index is 0.184. The number of rotatable bonds is 82. The van der Waals surface area contributed by atoms with E-state index in [4.69, 9.17) is 28.4 Å². The van der Waals surface area contributed by atoms with Gasteiger partial charge in [-0.15, -0.1) is 23.5 Å². The highest BCUT2D eigenvalue weighted by Crippen LogP contribution is 2.42. The Balaban J connectivity index is 1.79. The maximum Gasteiger partial charge on any atom is 0.251 e. The van der Waals surface area contributed by atoms with Crippen molar-refractivity contribution in [3.8, 4) is 40.6 Å². The Bertz CT molecular complexity index is 2570. The molecule has 0 radical (unpaired) electrons. The van der Waals surface area contributed by atoms with Gasteiger partial charge in [-0.05, 0) is 81.0 Å². The molecule has 0 fully saturated rings. The van der Waals surface area contributed by atoms with Crippen LogP contribution in [-0.2, 0) is 0 Å². The molecule has 0 bridgehead atoms. The highest BCUT2D eigenvalue weighted by atomic mass is 32.2. The minimum atomic E-state index is -0.192. The maximum absolute atomic E-state index is 14.4. The van der Waals surface area contributed by atoms with Gasteiger partial charge in [-0.3, -0.25) is 9.59 Å². The Labute approximate surface area is 685 Å². The molecule has 13 heteroatoms. The van der Waals surface area contributed by atoms with Crippen molar-refractivity contribution in [3.05, 3.63) is 59.2 Å². The molecule has 11 nitrogen and oxygen atoms in total. The lowest BCUT2D eigenvalue weighted by Crippen LogP contribution is -2.26. The Morgan fingerprint density at radius 3 is 0.718 bits per heavy atom. The van der Waals surface area contributed by atoms with Crippen LogP contribution in [0.25, 0.3) is 0 Å². The van der Waals surface area contributed by atoms with Crippen molar-refractivity contribution >= 4 is 35.3 Å². The Hall–Kier alpha value is -4.41. The molecule has 0 aliphatic heterocycles. The van der Waals surface area contributed by atoms with Crippen LogP contribution in [0, 0.1) is 11.3 Å². The van der Waals surface area contributed by atoms with Crippen molar-refractivity contribution < 1.29 is 38.0 Å². The molecule has 2 amide bonds. The van der Waals surface area contributed by atoms with Crippen molar-refractivity contribution in [3.63, 3.8) is 0 Å². The molecular formula is C97H167N3O8S2. The number of ether oxygens (including phenoxy) is 6. The second-order valence-electron chi connectivity index (χ2n) is 31.8. The molecule has 110 heavy (non-hydrogen) atoms. The Kier molecular flexibility index (Phi) is 67.7. The van der Waals surface area contributed by atoms with Gasteiger partial charge in [-0.2, -0.15) is 5.26 Å². The zero-order valence-electron chi connectivity index (χ0n) is 72.1. The normalized spacial score (nSPS) is 11.3. The second kappa shape index (κ2) is 74.7. The number of unbranched alkanes of at least 4 members (excludes halogenated alkanes) is 54. The molecule has 630 valence electrons. The fourth-order valence-corrected chi connectivity index (χ4v) is 16.4. The molecule has 0 atom stereocenters. The number of amides is 2. The third kappa shape index (κ3) is 53.6. The molecule has 0 heterocycles. The third-order valence-corrected chi connectivity index (χ3v) is 23.7. The number of hydrogen-bond acceptors (Lipinski definition) is 11. The monoisotopic (exact) mass is 1570 g/mol. The van der Waals surface area contributed by atoms with Crippen LogP contribution >= 0.6 is 23.5 Å². The first-order valence-corrected chi connectivity index (χ1v) is 48.8. The smallest absolute Gasteiger partial charge is 0.251 e. The summed E-state index contributed by atoms with van der Waals surface area (Å²) in [6.45, 7) is 17.8. The number of thioether (sulfide) groups is 2. The summed E-state index contributed by atoms with van der Waals surface area (Å²) in [5, 5.41) is 16.5. The van der Waals surface area contributed by atoms with E-state index in [9.17, 15) is 14.9 Å². The summed E-state index contributed by atoms with van der Waals surface area (Å²) in [6.07, 6.45) is 74.8. The molecule has 3 aromatic carbocycles. The summed E-state index contributed by atoms with van der Waals surface area (Å²) in [6, 6.07) is 15.6. The lowest BCUT2D eigenvalue weighted by atomic mass is 10.1. The first-order valence-electron chi connectivity index (χ1n) is 46.8. The lowest BCUT2D eigenvalue weighted by Gasteiger charge is -2.19. The number of hydrogen-bond donors (Lipinski definition) is 2. The standard InChI is InChI=1S/C97H167N3O8S2/c1-7-13-19-25-31-37-43-49-55-61-71-103-88-80-86(81-89(104-72-62-56-50-44-38-32-26-20-14-8-2)94(88)107-75-65-59-53-47-41-35-29-23-17-11-5)96(101)99-69-77-109-92-68-67-85(84-98)79-93(92)110-78-70-100-97(102)87-82-90(105-73-63-57-51-45-39-33-27-21-15-9-3)95(108-76-66-60-54-48-42-36-30-24-18-12-6)91(83-87)106-74-64-58-52-46-40-34-28-22-16-10-4/h67-68,79-83H,7-66,69-78H2,1-6H3,(H,99,101)(H,100,102). The summed E-state index contributed by atoms with van der Waals surface area (Å²) in [4.78, 5) is 30.8. The molecule has 0 aliphatic carbocycles. The number of nitrogens with zero attached hydrogens (tertiary/aromatic N) is 1. The predicted octanol–water partition coefficient (Wildman–Crippen LogP) is 30.4. The zero-order valence-corrected chi connectivity index (χ0v) is 73.7. The topological polar surface area (TPSA) is 137 Å². The van der Waals surface area contributed by atoms with Gasteiger partial charge in [-0.1, -0.05) is 388 Å². The average molecular weight is 1570 g/mol. The van der Waals surface area contributed by atoms with E-state index in [-0.39, 0.29) is 11.8 Å². The number of carbonyl (C=O) groups is 2. The van der Waals surface area contributed by atoms with Crippen LogP contribution in [0.1, 0.15) is 453 Å². The summed E-state index contributed by atoms with van der Waals surface area (Å²) < 4.78 is 40.0. The molecule has 0 saturated heterocycles. The average Bonchev–Trinajstić information content (AvgIpc) is 0.821. The molecule has 2 N–H and O–H groups in total. The van der Waals surface area contributed by atoms with E-state index in [0.717, 1.165) is 86.8 Å². The summed E-state index contributed by atoms with van der Waals surface area (Å²) in [5.41, 5.74) is 1.57. The van der Waals surface area contributed by atoms with Crippen LogP contribution < -0.4 is 39.1 Å². The number of nitrogens with one attached hydrogen (secondary N) is 2. The van der Waals surface area contributed by atoms with E-state index in [1.54, 1.807) is 23.5 Å². The first-order chi connectivity index (χ1) is 54.3. The van der Waals surface area contributed by atoms with E-state index in [0.29, 0.717) is 115 Å². The van der Waals surface area contributed by atoms with Crippen LogP contribution in [0.2, 0.25) is 0 Å². The highest BCUT2D eigenvalue weighted by Gasteiger charge is 2.22. The fraction of sp³-hybridized carbons (Fsp3) is 0.784. The minimum Gasteiger partial charge on any atom is -0.490 e. The van der Waals surface area contributed by atoms with Gasteiger partial charge in [0.05, 0.1) is 51.3 Å².